The Hall–Kier alpha value is 0.700. The van der Waals surface area contributed by atoms with Gasteiger partial charge in [-0.2, -0.15) is 0 Å². The van der Waals surface area contributed by atoms with Gasteiger partial charge in [-0.1, -0.05) is 0 Å². The van der Waals surface area contributed by atoms with Crippen LogP contribution in [0.1, 0.15) is 0 Å². The fourth-order valence-corrected chi connectivity index (χ4v) is 0. The number of hydrogen-bond acceptors (Lipinski definition) is 4. The molecule has 0 saturated heterocycles. The van der Waals surface area contributed by atoms with E-state index in [2.05, 4.69) is 0 Å². The minimum Gasteiger partial charge on any atom is -0.652 e. The fourth-order valence-electron chi connectivity index (χ4n) is 0. The number of carbonyl (C=O) groups is 2. The number of carbonyl (C=O) groups excluding carboxylic acids is 2. The topological polar surface area (TPSA) is 115 Å². The van der Waals surface area contributed by atoms with Gasteiger partial charge in [-0.15, -0.1) is 0 Å². The second kappa shape index (κ2) is 22.6. The smallest absolute Gasteiger partial charge is 0.652 e. The quantitative estimate of drug-likeness (QED) is 0.306. The van der Waals surface area contributed by atoms with Crippen molar-refractivity contribution in [3.8, 4) is 0 Å². The molecule has 0 radical (unpaired) electrons. The molecule has 0 bridgehead atoms. The summed E-state index contributed by atoms with van der Waals surface area (Å²) in [5.41, 5.74) is 0. The average molecular weight is 197 g/mol. The van der Waals surface area contributed by atoms with Crippen molar-refractivity contribution >= 4 is 12.6 Å². The summed E-state index contributed by atoms with van der Waals surface area (Å²) in [5.74, 6) is 0. The van der Waals surface area contributed by atoms with Crippen LogP contribution in [-0.4, -0.2) is 37.0 Å². The zero-order chi connectivity index (χ0) is 7.86. The molecule has 0 aromatic heterocycles. The van der Waals surface area contributed by atoms with Crippen LogP contribution in [-0.2, 0) is 4.79 Å². The largest absolute Gasteiger partial charge is 1.00 e. The fraction of sp³-hybridized carbons (Fsp3) is 0.500. The van der Waals surface area contributed by atoms with Gasteiger partial charge in [-0.25, -0.2) is 0 Å². The Morgan fingerprint density at radius 3 is 1.33 bits per heavy atom. The van der Waals surface area contributed by atoms with E-state index in [1.54, 1.807) is 14.1 Å². The average Bonchev–Trinajstić information content (AvgIpc) is 1.65. The van der Waals surface area contributed by atoms with Crippen LogP contribution >= 0.6 is 0 Å². The molecule has 0 aliphatic rings. The van der Waals surface area contributed by atoms with Gasteiger partial charge in [0.25, 0.3) is 0 Å². The maximum absolute atomic E-state index is 9.43. The zero-order valence-corrected chi connectivity index (χ0v) is 11.7. The molecule has 0 fully saturated rings. The van der Waals surface area contributed by atoms with E-state index >= 15 is 0 Å². The van der Waals surface area contributed by atoms with Crippen LogP contribution in [0.5, 0.6) is 0 Å². The van der Waals surface area contributed by atoms with Crippen LogP contribution < -0.4 is 69.3 Å². The van der Waals surface area contributed by atoms with Crippen LogP contribution in [0.3, 0.4) is 0 Å². The number of hydrogen-bond donors (Lipinski definition) is 0. The summed E-state index contributed by atoms with van der Waals surface area (Å²) in [5, 5.41) is 16.7. The van der Waals surface area contributed by atoms with Crippen molar-refractivity contribution in [1.29, 1.82) is 0 Å². The van der Waals surface area contributed by atoms with Gasteiger partial charge in [0.1, 0.15) is 0 Å². The summed E-state index contributed by atoms with van der Waals surface area (Å²) < 4.78 is 0. The molecule has 0 rings (SSSR count). The normalized spacial score (nSPS) is 4.83. The standard InChI is InChI=1S/C3H7NO.CH2O3.2Na.H2O/c1-4(2)3-5;2-1(3)4;;;/h3H,1-2H3;(H2,2,3,4);;;1H2/q;;2*+1;/p-2. The molecule has 0 heterocycles. The summed E-state index contributed by atoms with van der Waals surface area (Å²) >= 11 is 0. The molecule has 0 aliphatic carbocycles. The third kappa shape index (κ3) is 138. The summed E-state index contributed by atoms with van der Waals surface area (Å²) in [7, 11) is 3.38. The van der Waals surface area contributed by atoms with E-state index in [9.17, 15) is 4.79 Å². The minimum absolute atomic E-state index is 0. The Morgan fingerprint density at radius 1 is 1.25 bits per heavy atom. The van der Waals surface area contributed by atoms with Crippen LogP contribution in [0.2, 0.25) is 0 Å². The Kier molecular flexibility index (Phi) is 55.2. The van der Waals surface area contributed by atoms with E-state index in [1.165, 1.54) is 4.90 Å². The van der Waals surface area contributed by atoms with E-state index in [4.69, 9.17) is 15.0 Å². The SMILES string of the molecule is CN(C)C=O.O.O=C([O-])[O-].[Na+].[Na+]. The van der Waals surface area contributed by atoms with Crippen molar-refractivity contribution in [3.63, 3.8) is 0 Å². The van der Waals surface area contributed by atoms with Crippen molar-refractivity contribution < 1.29 is 84.4 Å². The molecule has 0 saturated carbocycles. The zero-order valence-electron chi connectivity index (χ0n) is 7.66. The molecular weight excluding hydrogens is 188 g/mol. The summed E-state index contributed by atoms with van der Waals surface area (Å²) in [6, 6.07) is 0. The molecule has 0 atom stereocenters. The first-order chi connectivity index (χ1) is 4.00. The first-order valence-electron chi connectivity index (χ1n) is 2.00. The predicted molar refractivity (Wildman–Crippen MR) is 28.8 cm³/mol. The maximum Gasteiger partial charge on any atom is 1.00 e. The van der Waals surface area contributed by atoms with Gasteiger partial charge in [-0.05, 0) is 6.16 Å². The molecule has 0 unspecified atom stereocenters. The van der Waals surface area contributed by atoms with Gasteiger partial charge in [0.2, 0.25) is 6.41 Å². The van der Waals surface area contributed by atoms with E-state index in [0.29, 0.717) is 0 Å². The van der Waals surface area contributed by atoms with E-state index in [1.807, 2.05) is 0 Å². The van der Waals surface area contributed by atoms with Crippen molar-refractivity contribution in [2.75, 3.05) is 14.1 Å². The molecule has 6 nitrogen and oxygen atoms in total. The molecule has 2 N–H and O–H groups in total. The van der Waals surface area contributed by atoms with Crippen molar-refractivity contribution in [1.82, 2.24) is 4.90 Å². The van der Waals surface area contributed by atoms with Crippen LogP contribution in [0.4, 0.5) is 4.79 Å². The Balaban J connectivity index is -0.0000000221. The number of amides is 1. The van der Waals surface area contributed by atoms with Crippen molar-refractivity contribution in [2.24, 2.45) is 0 Å². The van der Waals surface area contributed by atoms with Gasteiger partial charge in [-0.3, -0.25) is 4.79 Å². The summed E-state index contributed by atoms with van der Waals surface area (Å²) in [4.78, 5) is 19.2. The van der Waals surface area contributed by atoms with Gasteiger partial charge >= 0.3 is 59.1 Å². The van der Waals surface area contributed by atoms with Gasteiger partial charge < -0.3 is 25.4 Å². The second-order valence-corrected chi connectivity index (χ2v) is 1.32. The Morgan fingerprint density at radius 2 is 1.33 bits per heavy atom. The van der Waals surface area contributed by atoms with E-state index in [-0.39, 0.29) is 64.6 Å². The molecule has 62 valence electrons. The van der Waals surface area contributed by atoms with Gasteiger partial charge in [0.15, 0.2) is 0 Å². The molecular formula is C4H9NNa2O5. The number of nitrogens with zero attached hydrogens (tertiary/aromatic N) is 1. The maximum atomic E-state index is 9.43. The third-order valence-corrected chi connectivity index (χ3v) is 0.211. The second-order valence-electron chi connectivity index (χ2n) is 1.32. The monoisotopic (exact) mass is 197 g/mol. The first kappa shape index (κ1) is 29.3. The van der Waals surface area contributed by atoms with Gasteiger partial charge in [0, 0.05) is 14.1 Å². The van der Waals surface area contributed by atoms with Crippen LogP contribution in [0.25, 0.3) is 0 Å². The van der Waals surface area contributed by atoms with E-state index in [0.717, 1.165) is 6.41 Å². The molecule has 1 amide bonds. The molecule has 0 spiro atoms. The van der Waals surface area contributed by atoms with Crippen molar-refractivity contribution in [3.05, 3.63) is 0 Å². The van der Waals surface area contributed by atoms with Crippen molar-refractivity contribution in [2.45, 2.75) is 0 Å². The van der Waals surface area contributed by atoms with E-state index < -0.39 is 6.16 Å². The Labute approximate surface area is 115 Å². The molecule has 8 heteroatoms. The molecule has 0 aliphatic heterocycles. The van der Waals surface area contributed by atoms with Crippen LogP contribution in [0.15, 0.2) is 0 Å². The Bertz CT molecular complexity index is 95.4. The predicted octanol–water partition coefficient (Wildman–Crippen LogP) is -9.56. The number of carboxylic acid groups (broad SMARTS) is 2. The minimum atomic E-state index is -2.33. The molecule has 0 aromatic rings. The molecule has 0 aromatic carbocycles. The van der Waals surface area contributed by atoms with Gasteiger partial charge in [0.05, 0.1) is 0 Å². The first-order valence-corrected chi connectivity index (χ1v) is 2.00. The van der Waals surface area contributed by atoms with Crippen LogP contribution in [0, 0.1) is 0 Å². The molecule has 12 heavy (non-hydrogen) atoms. The summed E-state index contributed by atoms with van der Waals surface area (Å²) in [6.07, 6.45) is -1.58. The third-order valence-electron chi connectivity index (χ3n) is 0.211. The number of rotatable bonds is 1. The summed E-state index contributed by atoms with van der Waals surface area (Å²) in [6.45, 7) is 0.